The number of carbonyl (C=O) groups excluding carboxylic acids is 1. The van der Waals surface area contributed by atoms with Crippen molar-refractivity contribution < 1.29 is 9.64 Å². The Morgan fingerprint density at radius 1 is 1.54 bits per heavy atom. The number of hydrogen-bond donors (Lipinski definition) is 0. The van der Waals surface area contributed by atoms with Gasteiger partial charge in [0.05, 0.1) is 0 Å². The molecule has 0 unspecified atom stereocenters. The molecule has 1 heterocycles. The molecule has 0 saturated heterocycles. The van der Waals surface area contributed by atoms with E-state index in [9.17, 15) is 10.0 Å². The van der Waals surface area contributed by atoms with E-state index < -0.39 is 0 Å². The van der Waals surface area contributed by atoms with Crippen LogP contribution in [0.25, 0.3) is 11.0 Å². The van der Waals surface area contributed by atoms with E-state index in [0.717, 1.165) is 4.68 Å². The molecule has 0 atom stereocenters. The minimum atomic E-state index is -0.272. The molecule has 2 rings (SSSR count). The third kappa shape index (κ3) is 1.05. The van der Waals surface area contributed by atoms with Gasteiger partial charge in [0.1, 0.15) is 5.21 Å². The molecule has 0 aliphatic carbocycles. The van der Waals surface area contributed by atoms with Crippen LogP contribution in [0, 0.1) is 5.21 Å². The minimum Gasteiger partial charge on any atom is -0.691 e. The molecule has 2 aromatic rings. The lowest BCUT2D eigenvalue weighted by atomic mass is 10.3. The van der Waals surface area contributed by atoms with Crippen LogP contribution in [0.2, 0.25) is 0 Å². The van der Waals surface area contributed by atoms with Crippen molar-refractivity contribution in [3.8, 4) is 0 Å². The smallest absolute Gasteiger partial charge is 0.331 e. The summed E-state index contributed by atoms with van der Waals surface area (Å²) in [5.41, 5.74) is 0.933. The minimum absolute atomic E-state index is 0.272. The van der Waals surface area contributed by atoms with E-state index in [1.165, 1.54) is 6.92 Å². The average Bonchev–Trinajstić information content (AvgIpc) is 2.45. The van der Waals surface area contributed by atoms with Gasteiger partial charge < -0.3 is 5.21 Å². The first kappa shape index (κ1) is 7.72. The predicted octanol–water partition coefficient (Wildman–Crippen LogP) is 0.330. The van der Waals surface area contributed by atoms with Crippen molar-refractivity contribution in [1.29, 1.82) is 0 Å². The van der Waals surface area contributed by atoms with Crippen molar-refractivity contribution in [1.82, 2.24) is 9.90 Å². The van der Waals surface area contributed by atoms with Gasteiger partial charge in [0, 0.05) is 6.92 Å². The molecule has 5 heteroatoms. The summed E-state index contributed by atoms with van der Waals surface area (Å²) >= 11 is 0. The molecule has 1 aromatic heterocycles. The quantitative estimate of drug-likeness (QED) is 0.430. The maximum Gasteiger partial charge on any atom is 0.331 e. The Bertz CT molecular complexity index is 475. The summed E-state index contributed by atoms with van der Waals surface area (Å²) in [4.78, 5) is 11.5. The van der Waals surface area contributed by atoms with Crippen LogP contribution < -0.4 is 4.85 Å². The molecular weight excluding hydrogens is 170 g/mol. The van der Waals surface area contributed by atoms with Gasteiger partial charge in [0.15, 0.2) is 0 Å². The Kier molecular flexibility index (Phi) is 1.51. The predicted molar refractivity (Wildman–Crippen MR) is 45.0 cm³/mol. The summed E-state index contributed by atoms with van der Waals surface area (Å²) in [6.07, 6.45) is 0. The van der Waals surface area contributed by atoms with Crippen LogP contribution in [0.1, 0.15) is 11.7 Å². The van der Waals surface area contributed by atoms with Gasteiger partial charge in [-0.05, 0) is 12.1 Å². The van der Waals surface area contributed by atoms with Gasteiger partial charge in [0.25, 0.3) is 0 Å². The number of aromatic nitrogens is 3. The fraction of sp³-hybridized carbons (Fsp3) is 0.125. The summed E-state index contributed by atoms with van der Waals surface area (Å²) in [5.74, 6) is -0.272. The fourth-order valence-corrected chi connectivity index (χ4v) is 1.22. The number of hydrogen-bond acceptors (Lipinski definition) is 3. The van der Waals surface area contributed by atoms with Crippen LogP contribution >= 0.6 is 0 Å². The first-order chi connectivity index (χ1) is 6.20. The summed E-state index contributed by atoms with van der Waals surface area (Å²) in [6, 6.07) is 6.78. The molecule has 66 valence electrons. The molecule has 0 bridgehead atoms. The highest BCUT2D eigenvalue weighted by Crippen LogP contribution is 2.07. The largest absolute Gasteiger partial charge is 0.691 e. The molecule has 0 fully saturated rings. The normalized spacial score (nSPS) is 10.5. The van der Waals surface area contributed by atoms with Gasteiger partial charge in [-0.2, -0.15) is 0 Å². The molecular formula is C8H7N3O2. The Labute approximate surface area is 73.8 Å². The molecule has 0 radical (unpaired) electrons. The van der Waals surface area contributed by atoms with Crippen molar-refractivity contribution in [2.45, 2.75) is 6.92 Å². The first-order valence-corrected chi connectivity index (χ1v) is 3.78. The van der Waals surface area contributed by atoms with Crippen molar-refractivity contribution >= 4 is 16.9 Å². The summed E-state index contributed by atoms with van der Waals surface area (Å²) in [6.45, 7) is 1.36. The highest BCUT2D eigenvalue weighted by atomic mass is 16.5. The van der Waals surface area contributed by atoms with Crippen molar-refractivity contribution in [3.05, 3.63) is 29.5 Å². The number of para-hydroxylation sites is 2. The number of carbonyl (C=O) groups is 1. The van der Waals surface area contributed by atoms with Crippen LogP contribution in [0.3, 0.4) is 0 Å². The molecule has 0 aliphatic rings. The number of benzene rings is 1. The van der Waals surface area contributed by atoms with Crippen LogP contribution in [0.5, 0.6) is 0 Å². The molecule has 0 saturated carbocycles. The molecule has 0 N–H and O–H groups in total. The number of rotatable bonds is 0. The Morgan fingerprint density at radius 3 is 2.92 bits per heavy atom. The summed E-state index contributed by atoms with van der Waals surface area (Å²) in [7, 11) is 0. The molecule has 5 nitrogen and oxygen atoms in total. The lowest BCUT2D eigenvalue weighted by Gasteiger charge is -1.89. The Hall–Kier alpha value is -1.91. The second kappa shape index (κ2) is 2.55. The first-order valence-electron chi connectivity index (χ1n) is 3.78. The van der Waals surface area contributed by atoms with Crippen molar-refractivity contribution in [2.24, 2.45) is 0 Å². The van der Waals surface area contributed by atoms with Gasteiger partial charge in [-0.25, -0.2) is 4.79 Å². The van der Waals surface area contributed by atoms with Crippen LogP contribution in [-0.4, -0.2) is 15.8 Å². The van der Waals surface area contributed by atoms with Crippen molar-refractivity contribution in [2.75, 3.05) is 0 Å². The summed E-state index contributed by atoms with van der Waals surface area (Å²) < 4.78 is 1.09. The lowest BCUT2D eigenvalue weighted by Crippen LogP contribution is -2.30. The van der Waals surface area contributed by atoms with Crippen LogP contribution in [-0.2, 0) is 0 Å². The van der Waals surface area contributed by atoms with Crippen molar-refractivity contribution in [3.63, 3.8) is 0 Å². The van der Waals surface area contributed by atoms with Gasteiger partial charge in [-0.15, -0.1) is 4.85 Å². The molecule has 0 amide bonds. The van der Waals surface area contributed by atoms with E-state index in [0.29, 0.717) is 15.9 Å². The average molecular weight is 177 g/mol. The van der Waals surface area contributed by atoms with Crippen LogP contribution in [0.15, 0.2) is 24.3 Å². The Morgan fingerprint density at radius 2 is 2.23 bits per heavy atom. The van der Waals surface area contributed by atoms with Gasteiger partial charge in [-0.3, -0.25) is 0 Å². The highest BCUT2D eigenvalue weighted by molar-refractivity contribution is 5.85. The van der Waals surface area contributed by atoms with E-state index in [-0.39, 0.29) is 5.91 Å². The monoisotopic (exact) mass is 177 g/mol. The van der Waals surface area contributed by atoms with E-state index >= 15 is 0 Å². The molecule has 1 aromatic carbocycles. The zero-order valence-corrected chi connectivity index (χ0v) is 6.97. The summed E-state index contributed by atoms with van der Waals surface area (Å²) in [5, 5.41) is 14.7. The van der Waals surface area contributed by atoms with E-state index in [2.05, 4.69) is 5.21 Å². The topological polar surface area (TPSA) is 61.8 Å². The third-order valence-corrected chi connectivity index (χ3v) is 1.78. The second-order valence-electron chi connectivity index (χ2n) is 2.68. The van der Waals surface area contributed by atoms with E-state index in [1.807, 2.05) is 0 Å². The third-order valence-electron chi connectivity index (χ3n) is 1.78. The SMILES string of the molecule is CC(=O)n1n[n+]([O-])c2ccccc21. The fourth-order valence-electron chi connectivity index (χ4n) is 1.22. The van der Waals surface area contributed by atoms with E-state index in [1.54, 1.807) is 24.3 Å². The van der Waals surface area contributed by atoms with Crippen LogP contribution in [0.4, 0.5) is 0 Å². The zero-order valence-electron chi connectivity index (χ0n) is 6.97. The number of fused-ring (bicyclic) bond motifs is 1. The van der Waals surface area contributed by atoms with Gasteiger partial charge in [-0.1, -0.05) is 16.8 Å². The Balaban J connectivity index is 2.85. The zero-order chi connectivity index (χ0) is 9.42. The maximum atomic E-state index is 11.1. The standard InChI is InChI=1S/C8H7N3O2/c1-6(12)10-7-4-2-3-5-8(7)11(13)9-10/h2-5H,1H3. The lowest BCUT2D eigenvalue weighted by molar-refractivity contribution is -0.645. The maximum absolute atomic E-state index is 11.1. The van der Waals surface area contributed by atoms with Gasteiger partial charge >= 0.3 is 5.91 Å². The molecule has 0 spiro atoms. The second-order valence-corrected chi connectivity index (χ2v) is 2.68. The molecule has 0 aliphatic heterocycles. The van der Waals surface area contributed by atoms with E-state index in [4.69, 9.17) is 0 Å². The van der Waals surface area contributed by atoms with Gasteiger partial charge in [0.2, 0.25) is 11.0 Å². The number of nitrogens with zero attached hydrogens (tertiary/aromatic N) is 3. The molecule has 13 heavy (non-hydrogen) atoms. The highest BCUT2D eigenvalue weighted by Gasteiger charge is 2.16.